The number of methoxy groups -OCH3 is 1. The molecule has 0 aliphatic carbocycles. The van der Waals surface area contributed by atoms with Gasteiger partial charge in [-0.3, -0.25) is 14.6 Å². The quantitative estimate of drug-likeness (QED) is 0.373. The number of aryl methyl sites for hydroxylation is 1. The molecular weight excluding hydrogens is 442 g/mol. The summed E-state index contributed by atoms with van der Waals surface area (Å²) in [7, 11) is 1.73. The molecule has 0 spiro atoms. The first-order valence-corrected chi connectivity index (χ1v) is 11.8. The normalized spacial score (nSPS) is 14.0. The van der Waals surface area contributed by atoms with Gasteiger partial charge in [-0.2, -0.15) is 5.10 Å². The van der Waals surface area contributed by atoms with Crippen LogP contribution in [-0.4, -0.2) is 69.1 Å². The lowest BCUT2D eigenvalue weighted by atomic mass is 10.1. The molecule has 1 saturated heterocycles. The van der Waals surface area contributed by atoms with Crippen LogP contribution in [0.2, 0.25) is 0 Å². The molecule has 5 rings (SSSR count). The van der Waals surface area contributed by atoms with Crippen molar-refractivity contribution in [3.05, 3.63) is 67.3 Å². The molecule has 0 saturated carbocycles. The molecule has 1 aliphatic heterocycles. The molecule has 1 N–H and O–H groups in total. The third-order valence-electron chi connectivity index (χ3n) is 5.90. The van der Waals surface area contributed by atoms with Gasteiger partial charge in [-0.15, -0.1) is 0 Å². The van der Waals surface area contributed by atoms with E-state index in [2.05, 4.69) is 27.1 Å². The molecule has 0 amide bonds. The van der Waals surface area contributed by atoms with Crippen LogP contribution in [-0.2, 0) is 11.3 Å². The number of nitrogens with zero attached hydrogens (tertiary/aromatic N) is 6. The monoisotopic (exact) mass is 471 g/mol. The van der Waals surface area contributed by atoms with Gasteiger partial charge >= 0.3 is 0 Å². The fourth-order valence-electron chi connectivity index (χ4n) is 3.99. The van der Waals surface area contributed by atoms with E-state index in [1.54, 1.807) is 19.5 Å². The molecule has 1 aliphatic rings. The van der Waals surface area contributed by atoms with E-state index >= 15 is 0 Å². The Labute approximate surface area is 204 Å². The van der Waals surface area contributed by atoms with Crippen molar-refractivity contribution < 1.29 is 9.47 Å². The molecule has 4 aromatic rings. The van der Waals surface area contributed by atoms with E-state index in [4.69, 9.17) is 19.6 Å². The van der Waals surface area contributed by atoms with Crippen LogP contribution in [0.25, 0.3) is 22.5 Å². The highest BCUT2D eigenvalue weighted by Crippen LogP contribution is 2.30. The van der Waals surface area contributed by atoms with Crippen molar-refractivity contribution in [1.82, 2.24) is 29.6 Å². The average molecular weight is 472 g/mol. The highest BCUT2D eigenvalue weighted by Gasteiger charge is 2.27. The summed E-state index contributed by atoms with van der Waals surface area (Å²) in [6.45, 7) is 6.39. The summed E-state index contributed by atoms with van der Waals surface area (Å²) in [6.07, 6.45) is 7.56. The summed E-state index contributed by atoms with van der Waals surface area (Å²) in [4.78, 5) is 15.7. The van der Waals surface area contributed by atoms with Crippen molar-refractivity contribution in [3.8, 4) is 28.3 Å². The van der Waals surface area contributed by atoms with E-state index in [1.807, 2.05) is 59.5 Å². The Morgan fingerprint density at radius 3 is 2.69 bits per heavy atom. The first-order chi connectivity index (χ1) is 17.2. The van der Waals surface area contributed by atoms with E-state index in [1.165, 1.54) is 0 Å². The maximum absolute atomic E-state index is 6.05. The summed E-state index contributed by atoms with van der Waals surface area (Å²) in [5.74, 6) is 1.38. The van der Waals surface area contributed by atoms with E-state index in [9.17, 15) is 0 Å². The number of nitrogens with one attached hydrogen (secondary N) is 1. The second-order valence-corrected chi connectivity index (χ2v) is 8.40. The van der Waals surface area contributed by atoms with Crippen molar-refractivity contribution in [2.45, 2.75) is 19.6 Å². The Kier molecular flexibility index (Phi) is 6.97. The fraction of sp³-hybridized carbons (Fsp3) is 0.308. The Morgan fingerprint density at radius 1 is 1.09 bits per heavy atom. The summed E-state index contributed by atoms with van der Waals surface area (Å²) in [5.41, 5.74) is 4.43. The second kappa shape index (κ2) is 10.6. The Balaban J connectivity index is 1.26. The van der Waals surface area contributed by atoms with Crippen LogP contribution in [0.15, 0.2) is 67.3 Å². The van der Waals surface area contributed by atoms with Crippen LogP contribution in [0.3, 0.4) is 0 Å². The van der Waals surface area contributed by atoms with Gasteiger partial charge in [0.25, 0.3) is 0 Å². The number of ether oxygens (including phenoxy) is 2. The number of pyridine rings is 1. The zero-order valence-electron chi connectivity index (χ0n) is 20.0. The Morgan fingerprint density at radius 2 is 1.94 bits per heavy atom. The van der Waals surface area contributed by atoms with Gasteiger partial charge in [0.15, 0.2) is 0 Å². The average Bonchev–Trinajstić information content (AvgIpc) is 3.32. The minimum Gasteiger partial charge on any atom is -0.488 e. The van der Waals surface area contributed by atoms with Crippen molar-refractivity contribution in [3.63, 3.8) is 0 Å². The topological polar surface area (TPSA) is 90.2 Å². The maximum atomic E-state index is 6.05. The van der Waals surface area contributed by atoms with Crippen LogP contribution in [0.5, 0.6) is 5.75 Å². The summed E-state index contributed by atoms with van der Waals surface area (Å²) < 4.78 is 13.1. The van der Waals surface area contributed by atoms with E-state index in [-0.39, 0.29) is 6.10 Å². The molecule has 1 aromatic carbocycles. The SMILES string of the molecule is CCn1cc(-c2ccnc(Nc3ccc(OC4CN(CCOC)C4)cc3)n2)c(-c2cccnc2)n1. The third kappa shape index (κ3) is 5.47. The lowest BCUT2D eigenvalue weighted by Gasteiger charge is -2.38. The number of aromatic nitrogens is 5. The first kappa shape index (κ1) is 22.9. The second-order valence-electron chi connectivity index (χ2n) is 8.40. The van der Waals surface area contributed by atoms with E-state index in [0.717, 1.165) is 66.7 Å². The lowest BCUT2D eigenvalue weighted by molar-refractivity contribution is 0.00575. The van der Waals surface area contributed by atoms with Crippen molar-refractivity contribution in [2.24, 2.45) is 0 Å². The van der Waals surface area contributed by atoms with E-state index in [0.29, 0.717) is 5.95 Å². The van der Waals surface area contributed by atoms with Gasteiger partial charge in [-0.25, -0.2) is 9.97 Å². The largest absolute Gasteiger partial charge is 0.488 e. The van der Waals surface area contributed by atoms with Gasteiger partial charge in [-0.05, 0) is 49.4 Å². The molecule has 4 heterocycles. The first-order valence-electron chi connectivity index (χ1n) is 11.8. The molecule has 1 fully saturated rings. The van der Waals surface area contributed by atoms with Gasteiger partial charge < -0.3 is 14.8 Å². The predicted molar refractivity (Wildman–Crippen MR) is 135 cm³/mol. The molecule has 0 atom stereocenters. The number of rotatable bonds is 10. The van der Waals surface area contributed by atoms with Crippen LogP contribution < -0.4 is 10.1 Å². The molecular formula is C26H29N7O2. The molecule has 3 aromatic heterocycles. The highest BCUT2D eigenvalue weighted by molar-refractivity contribution is 5.78. The highest BCUT2D eigenvalue weighted by atomic mass is 16.5. The minimum absolute atomic E-state index is 0.226. The van der Waals surface area contributed by atoms with Gasteiger partial charge in [0.05, 0.1) is 12.3 Å². The van der Waals surface area contributed by atoms with Crippen LogP contribution in [0.4, 0.5) is 11.6 Å². The summed E-state index contributed by atoms with van der Waals surface area (Å²) >= 11 is 0. The Bertz CT molecular complexity index is 1240. The standard InChI is InChI=1S/C26H29N7O2/c1-3-33-18-23(25(31-33)19-5-4-11-27-15-19)24-10-12-28-26(30-24)29-20-6-8-21(9-7-20)35-22-16-32(17-22)13-14-34-2/h4-12,15,18,22H,3,13-14,16-17H2,1-2H3,(H,28,29,30). The zero-order valence-corrected chi connectivity index (χ0v) is 20.0. The van der Waals surface area contributed by atoms with Crippen LogP contribution in [0.1, 0.15) is 6.92 Å². The van der Waals surface area contributed by atoms with Gasteiger partial charge in [-0.1, -0.05) is 0 Å². The van der Waals surface area contributed by atoms with Crippen molar-refractivity contribution >= 4 is 11.6 Å². The van der Waals surface area contributed by atoms with Gasteiger partial charge in [0, 0.05) is 74.9 Å². The smallest absolute Gasteiger partial charge is 0.227 e. The Hall–Kier alpha value is -3.82. The number of hydrogen-bond donors (Lipinski definition) is 1. The molecule has 180 valence electrons. The molecule has 9 heteroatoms. The predicted octanol–water partition coefficient (Wildman–Crippen LogP) is 3.88. The maximum Gasteiger partial charge on any atom is 0.227 e. The fourth-order valence-corrected chi connectivity index (χ4v) is 3.99. The molecule has 35 heavy (non-hydrogen) atoms. The summed E-state index contributed by atoms with van der Waals surface area (Å²) in [5, 5.41) is 8.02. The van der Waals surface area contributed by atoms with Gasteiger partial charge in [0.1, 0.15) is 17.5 Å². The molecule has 0 unspecified atom stereocenters. The number of likely N-dealkylation sites (tertiary alicyclic amines) is 1. The molecule has 9 nitrogen and oxygen atoms in total. The minimum atomic E-state index is 0.226. The van der Waals surface area contributed by atoms with E-state index < -0.39 is 0 Å². The lowest BCUT2D eigenvalue weighted by Crippen LogP contribution is -2.54. The number of benzene rings is 1. The van der Waals surface area contributed by atoms with Crippen LogP contribution >= 0.6 is 0 Å². The third-order valence-corrected chi connectivity index (χ3v) is 5.90. The number of anilines is 2. The number of hydrogen-bond acceptors (Lipinski definition) is 8. The summed E-state index contributed by atoms with van der Waals surface area (Å²) in [6, 6.07) is 13.7. The zero-order chi connectivity index (χ0) is 24.0. The van der Waals surface area contributed by atoms with Crippen molar-refractivity contribution in [2.75, 3.05) is 38.7 Å². The van der Waals surface area contributed by atoms with Crippen LogP contribution in [0, 0.1) is 0 Å². The van der Waals surface area contributed by atoms with Gasteiger partial charge in [0.2, 0.25) is 5.95 Å². The van der Waals surface area contributed by atoms with Crippen molar-refractivity contribution in [1.29, 1.82) is 0 Å². The molecule has 0 bridgehead atoms. The molecule has 0 radical (unpaired) electrons.